The van der Waals surface area contributed by atoms with Gasteiger partial charge in [-0.15, -0.1) is 0 Å². The van der Waals surface area contributed by atoms with E-state index in [2.05, 4.69) is 40.4 Å². The lowest BCUT2D eigenvalue weighted by Crippen LogP contribution is -2.34. The Hall–Kier alpha value is -0.680. The summed E-state index contributed by atoms with van der Waals surface area (Å²) in [4.78, 5) is 2.55. The van der Waals surface area contributed by atoms with Gasteiger partial charge in [0.25, 0.3) is 0 Å². The fraction of sp³-hybridized carbons (Fsp3) is 0.846. The molecule has 1 aliphatic rings. The summed E-state index contributed by atoms with van der Waals surface area (Å²) in [5, 5.41) is 7.29. The molecule has 0 radical (unpaired) electrons. The van der Waals surface area contributed by atoms with Crippen molar-refractivity contribution in [3.63, 3.8) is 0 Å². The maximum Gasteiger partial charge on any atom is 0.195 e. The number of likely N-dealkylation sites (tertiary alicyclic amines) is 1. The highest BCUT2D eigenvalue weighted by Crippen LogP contribution is 2.19. The standard InChI is InChI=1S/C13H24N4S/c1-10(2)12-14-15-13(18)17(12)11(3)9-16-7-5-4-6-8-16/h10-11H,4-9H2,1-3H3,(H,15,18). The molecule has 1 aliphatic heterocycles. The van der Waals surface area contributed by atoms with Crippen LogP contribution in [0.4, 0.5) is 0 Å². The lowest BCUT2D eigenvalue weighted by molar-refractivity contribution is 0.199. The topological polar surface area (TPSA) is 36.9 Å². The van der Waals surface area contributed by atoms with Crippen LogP contribution in [0.2, 0.25) is 0 Å². The second-order valence-corrected chi connectivity index (χ2v) is 6.01. The van der Waals surface area contributed by atoms with Crippen molar-refractivity contribution in [2.24, 2.45) is 0 Å². The van der Waals surface area contributed by atoms with E-state index in [9.17, 15) is 0 Å². The number of nitrogens with one attached hydrogen (secondary N) is 1. The fourth-order valence-corrected chi connectivity index (χ4v) is 3.07. The van der Waals surface area contributed by atoms with Gasteiger partial charge in [-0.3, -0.25) is 9.67 Å². The van der Waals surface area contributed by atoms with Crippen LogP contribution in [-0.2, 0) is 0 Å². The molecular formula is C13H24N4S. The summed E-state index contributed by atoms with van der Waals surface area (Å²) in [5.41, 5.74) is 0. The first-order valence-corrected chi connectivity index (χ1v) is 7.39. The van der Waals surface area contributed by atoms with Crippen molar-refractivity contribution in [3.8, 4) is 0 Å². The Labute approximate surface area is 114 Å². The van der Waals surface area contributed by atoms with Crippen LogP contribution >= 0.6 is 12.2 Å². The van der Waals surface area contributed by atoms with Crippen LogP contribution in [0.15, 0.2) is 0 Å². The molecule has 1 aromatic rings. The highest BCUT2D eigenvalue weighted by molar-refractivity contribution is 7.71. The van der Waals surface area contributed by atoms with Gasteiger partial charge in [0.15, 0.2) is 4.77 Å². The van der Waals surface area contributed by atoms with E-state index in [1.807, 2.05) is 0 Å². The second-order valence-electron chi connectivity index (χ2n) is 5.62. The molecule has 0 aliphatic carbocycles. The van der Waals surface area contributed by atoms with Crippen molar-refractivity contribution in [3.05, 3.63) is 10.6 Å². The highest BCUT2D eigenvalue weighted by atomic mass is 32.1. The first kappa shape index (κ1) is 13.7. The molecule has 2 rings (SSSR count). The van der Waals surface area contributed by atoms with Crippen molar-refractivity contribution in [2.45, 2.75) is 52.0 Å². The minimum atomic E-state index is 0.395. The Morgan fingerprint density at radius 3 is 2.50 bits per heavy atom. The minimum Gasteiger partial charge on any atom is -0.301 e. The van der Waals surface area contributed by atoms with E-state index in [1.54, 1.807) is 0 Å². The van der Waals surface area contributed by atoms with Crippen LogP contribution in [-0.4, -0.2) is 39.3 Å². The van der Waals surface area contributed by atoms with Gasteiger partial charge in [-0.05, 0) is 45.1 Å². The molecule has 0 amide bonds. The molecule has 0 aromatic carbocycles. The monoisotopic (exact) mass is 268 g/mol. The minimum absolute atomic E-state index is 0.395. The molecule has 102 valence electrons. The summed E-state index contributed by atoms with van der Waals surface area (Å²) in [6.45, 7) is 10.1. The van der Waals surface area contributed by atoms with Crippen molar-refractivity contribution in [1.82, 2.24) is 19.7 Å². The molecule has 1 aromatic heterocycles. The largest absolute Gasteiger partial charge is 0.301 e. The predicted octanol–water partition coefficient (Wildman–Crippen LogP) is 3.11. The zero-order valence-electron chi connectivity index (χ0n) is 11.6. The Balaban J connectivity index is 2.10. The Morgan fingerprint density at radius 2 is 1.89 bits per heavy atom. The molecule has 0 saturated carbocycles. The van der Waals surface area contributed by atoms with E-state index < -0.39 is 0 Å². The third-order valence-corrected chi connectivity index (χ3v) is 3.95. The summed E-state index contributed by atoms with van der Waals surface area (Å²) in [7, 11) is 0. The van der Waals surface area contributed by atoms with Crippen LogP contribution in [0.5, 0.6) is 0 Å². The summed E-state index contributed by atoms with van der Waals surface area (Å²) < 4.78 is 2.94. The molecule has 1 fully saturated rings. The number of hydrogen-bond acceptors (Lipinski definition) is 3. The molecule has 2 heterocycles. The van der Waals surface area contributed by atoms with Crippen molar-refractivity contribution < 1.29 is 0 Å². The summed E-state index contributed by atoms with van der Waals surface area (Å²) in [5.74, 6) is 1.48. The van der Waals surface area contributed by atoms with E-state index in [0.717, 1.165) is 17.1 Å². The van der Waals surface area contributed by atoms with Crippen LogP contribution in [0, 0.1) is 4.77 Å². The average Bonchev–Trinajstić information content (AvgIpc) is 2.72. The number of hydrogen-bond donors (Lipinski definition) is 1. The van der Waals surface area contributed by atoms with E-state index in [1.165, 1.54) is 32.4 Å². The fourth-order valence-electron chi connectivity index (χ4n) is 2.75. The van der Waals surface area contributed by atoms with E-state index in [4.69, 9.17) is 12.2 Å². The lowest BCUT2D eigenvalue weighted by Gasteiger charge is -2.30. The van der Waals surface area contributed by atoms with Crippen molar-refractivity contribution >= 4 is 12.2 Å². The average molecular weight is 268 g/mol. The zero-order valence-corrected chi connectivity index (χ0v) is 12.5. The van der Waals surface area contributed by atoms with Crippen molar-refractivity contribution in [1.29, 1.82) is 0 Å². The summed E-state index contributed by atoms with van der Waals surface area (Å²) in [6.07, 6.45) is 4.05. The van der Waals surface area contributed by atoms with E-state index >= 15 is 0 Å². The van der Waals surface area contributed by atoms with Gasteiger partial charge in [0, 0.05) is 18.5 Å². The van der Waals surface area contributed by atoms with Gasteiger partial charge in [-0.1, -0.05) is 20.3 Å². The molecule has 1 saturated heterocycles. The smallest absolute Gasteiger partial charge is 0.195 e. The lowest BCUT2D eigenvalue weighted by atomic mass is 10.1. The molecule has 18 heavy (non-hydrogen) atoms. The van der Waals surface area contributed by atoms with Crippen LogP contribution < -0.4 is 0 Å². The zero-order chi connectivity index (χ0) is 13.1. The molecular weight excluding hydrogens is 244 g/mol. The third kappa shape index (κ3) is 3.01. The molecule has 1 N–H and O–H groups in total. The predicted molar refractivity (Wildman–Crippen MR) is 76.5 cm³/mol. The van der Waals surface area contributed by atoms with Gasteiger partial charge in [0.1, 0.15) is 5.82 Å². The Bertz CT molecular complexity index is 428. The molecule has 0 spiro atoms. The Kier molecular flexibility index (Phi) is 4.56. The van der Waals surface area contributed by atoms with Crippen molar-refractivity contribution in [2.75, 3.05) is 19.6 Å². The number of rotatable bonds is 4. The second kappa shape index (κ2) is 5.97. The number of H-pyrrole nitrogens is 1. The van der Waals surface area contributed by atoms with Gasteiger partial charge in [0.2, 0.25) is 0 Å². The maximum atomic E-state index is 5.36. The van der Waals surface area contributed by atoms with Crippen LogP contribution in [0.25, 0.3) is 0 Å². The van der Waals surface area contributed by atoms with Gasteiger partial charge in [-0.2, -0.15) is 5.10 Å². The van der Waals surface area contributed by atoms with Gasteiger partial charge >= 0.3 is 0 Å². The van der Waals surface area contributed by atoms with E-state index in [0.29, 0.717) is 12.0 Å². The first-order valence-electron chi connectivity index (χ1n) is 6.98. The normalized spacial score (nSPS) is 19.3. The summed E-state index contributed by atoms with van der Waals surface area (Å²) in [6, 6.07) is 0.395. The number of nitrogens with zero attached hydrogens (tertiary/aromatic N) is 3. The third-order valence-electron chi connectivity index (χ3n) is 3.66. The number of piperidine rings is 1. The summed E-state index contributed by atoms with van der Waals surface area (Å²) >= 11 is 5.36. The first-order chi connectivity index (χ1) is 8.59. The van der Waals surface area contributed by atoms with Gasteiger partial charge < -0.3 is 4.90 Å². The number of aromatic nitrogens is 3. The molecule has 4 nitrogen and oxygen atoms in total. The molecule has 1 unspecified atom stereocenters. The Morgan fingerprint density at radius 1 is 1.22 bits per heavy atom. The number of aromatic amines is 1. The quantitative estimate of drug-likeness (QED) is 0.853. The molecule has 5 heteroatoms. The van der Waals surface area contributed by atoms with Crippen LogP contribution in [0.1, 0.15) is 57.8 Å². The van der Waals surface area contributed by atoms with E-state index in [-0.39, 0.29) is 0 Å². The van der Waals surface area contributed by atoms with Gasteiger partial charge in [0.05, 0.1) is 0 Å². The molecule has 0 bridgehead atoms. The maximum absolute atomic E-state index is 5.36. The molecule has 1 atom stereocenters. The van der Waals surface area contributed by atoms with Crippen LogP contribution in [0.3, 0.4) is 0 Å². The SMILES string of the molecule is CC(C)c1n[nH]c(=S)n1C(C)CN1CCCCC1. The highest BCUT2D eigenvalue weighted by Gasteiger charge is 2.19. The van der Waals surface area contributed by atoms with Gasteiger partial charge in [-0.25, -0.2) is 0 Å².